The third kappa shape index (κ3) is 4.14. The minimum absolute atomic E-state index is 0.0213. The fourth-order valence-electron chi connectivity index (χ4n) is 3.62. The maximum Gasteiger partial charge on any atom is 0.318 e. The van der Waals surface area contributed by atoms with Gasteiger partial charge in [0.15, 0.2) is 5.01 Å². The van der Waals surface area contributed by atoms with Gasteiger partial charge in [0.25, 0.3) is 0 Å². The van der Waals surface area contributed by atoms with E-state index in [1.807, 2.05) is 31.3 Å². The van der Waals surface area contributed by atoms with Gasteiger partial charge >= 0.3 is 6.03 Å². The molecule has 1 saturated heterocycles. The molecule has 1 fully saturated rings. The Balaban J connectivity index is 1.47. The lowest BCUT2D eigenvalue weighted by molar-refractivity contribution is 0.149. The van der Waals surface area contributed by atoms with Crippen LogP contribution in [0.15, 0.2) is 36.7 Å². The molecule has 0 aliphatic carbocycles. The van der Waals surface area contributed by atoms with E-state index in [0.29, 0.717) is 22.1 Å². The fourth-order valence-corrected chi connectivity index (χ4v) is 4.49. The van der Waals surface area contributed by atoms with E-state index in [1.165, 1.54) is 17.4 Å². The number of nitrogens with zero attached hydrogens (tertiary/aromatic N) is 5. The highest BCUT2D eigenvalue weighted by Crippen LogP contribution is 2.32. The molecule has 29 heavy (non-hydrogen) atoms. The van der Waals surface area contributed by atoms with Crippen LogP contribution in [0.2, 0.25) is 0 Å². The Bertz CT molecular complexity index is 1000. The Morgan fingerprint density at radius 1 is 1.31 bits per heavy atom. The van der Waals surface area contributed by atoms with Crippen molar-refractivity contribution in [2.45, 2.75) is 38.3 Å². The zero-order chi connectivity index (χ0) is 20.4. The summed E-state index contributed by atoms with van der Waals surface area (Å²) in [6.07, 6.45) is 6.77. The number of rotatable bonds is 4. The van der Waals surface area contributed by atoms with Crippen molar-refractivity contribution >= 4 is 17.4 Å². The summed E-state index contributed by atoms with van der Waals surface area (Å²) in [7, 11) is 1.88. The van der Waals surface area contributed by atoms with Crippen LogP contribution in [0.3, 0.4) is 0 Å². The molecule has 152 valence electrons. The third-order valence-corrected chi connectivity index (χ3v) is 6.27. The van der Waals surface area contributed by atoms with E-state index < -0.39 is 0 Å². The van der Waals surface area contributed by atoms with Crippen LogP contribution in [0, 0.1) is 5.82 Å². The van der Waals surface area contributed by atoms with E-state index in [0.717, 1.165) is 24.8 Å². The average molecular weight is 415 g/mol. The lowest BCUT2D eigenvalue weighted by Crippen LogP contribution is -2.45. The second-order valence-corrected chi connectivity index (χ2v) is 8.26. The van der Waals surface area contributed by atoms with E-state index >= 15 is 0 Å². The van der Waals surface area contributed by atoms with Gasteiger partial charge in [0, 0.05) is 30.9 Å². The molecular weight excluding hydrogens is 391 g/mol. The Hall–Kier alpha value is -2.81. The number of nitrogens with one attached hydrogen (secondary N) is 1. The van der Waals surface area contributed by atoms with Gasteiger partial charge in [0.1, 0.15) is 10.8 Å². The van der Waals surface area contributed by atoms with Gasteiger partial charge in [0.05, 0.1) is 18.3 Å². The first-order valence-corrected chi connectivity index (χ1v) is 10.5. The molecule has 1 aromatic carbocycles. The molecule has 1 N–H and O–H groups in total. The highest BCUT2D eigenvalue weighted by Gasteiger charge is 2.30. The molecule has 2 unspecified atom stereocenters. The number of hydrogen-bond acceptors (Lipinski definition) is 5. The summed E-state index contributed by atoms with van der Waals surface area (Å²) >= 11 is 1.29. The van der Waals surface area contributed by atoms with E-state index in [2.05, 4.69) is 20.6 Å². The molecule has 2 amide bonds. The zero-order valence-electron chi connectivity index (χ0n) is 16.4. The molecule has 7 nitrogen and oxygen atoms in total. The van der Waals surface area contributed by atoms with Gasteiger partial charge in [-0.25, -0.2) is 9.18 Å². The quantitative estimate of drug-likeness (QED) is 0.698. The van der Waals surface area contributed by atoms with Gasteiger partial charge in [-0.1, -0.05) is 23.5 Å². The fraction of sp³-hybridized carbons (Fsp3) is 0.400. The number of carbonyl (C=O) groups excluding carboxylic acids is 1. The Kier molecular flexibility index (Phi) is 5.57. The first kappa shape index (κ1) is 19.5. The summed E-state index contributed by atoms with van der Waals surface area (Å²) in [6.45, 7) is 2.57. The Morgan fingerprint density at radius 3 is 2.90 bits per heavy atom. The van der Waals surface area contributed by atoms with E-state index in [9.17, 15) is 9.18 Å². The summed E-state index contributed by atoms with van der Waals surface area (Å²) < 4.78 is 15.8. The number of benzene rings is 1. The molecule has 1 aliphatic rings. The van der Waals surface area contributed by atoms with Gasteiger partial charge in [-0.05, 0) is 38.3 Å². The number of aryl methyl sites for hydroxylation is 1. The average Bonchev–Trinajstić information content (AvgIpc) is 3.38. The number of aromatic nitrogens is 4. The van der Waals surface area contributed by atoms with Crippen molar-refractivity contribution in [3.8, 4) is 10.6 Å². The zero-order valence-corrected chi connectivity index (χ0v) is 17.2. The standard InChI is InChI=1S/C20H23FN6OS/c1-13(18-24-25-19(29-18)15-7-3-4-8-16(15)21)23-20(28)27-10-6-5-9-17(27)14-11-22-26(2)12-14/h3-4,7-8,11-13,17H,5-6,9-10H2,1-2H3,(H,23,28). The summed E-state index contributed by atoms with van der Waals surface area (Å²) in [5, 5.41) is 16.7. The van der Waals surface area contributed by atoms with Crippen molar-refractivity contribution in [2.75, 3.05) is 6.54 Å². The first-order chi connectivity index (χ1) is 14.0. The van der Waals surface area contributed by atoms with Crippen LogP contribution in [0.4, 0.5) is 9.18 Å². The van der Waals surface area contributed by atoms with Crippen LogP contribution in [-0.4, -0.2) is 37.5 Å². The van der Waals surface area contributed by atoms with Crippen molar-refractivity contribution < 1.29 is 9.18 Å². The number of halogens is 1. The normalized spacial score (nSPS) is 17.9. The number of carbonyl (C=O) groups is 1. The SMILES string of the molecule is CC(NC(=O)N1CCCCC1c1cnn(C)c1)c1nnc(-c2ccccc2F)s1. The minimum atomic E-state index is -0.334. The van der Waals surface area contributed by atoms with E-state index in [4.69, 9.17) is 0 Å². The number of urea groups is 1. The van der Waals surface area contributed by atoms with Crippen molar-refractivity contribution in [3.63, 3.8) is 0 Å². The lowest BCUT2D eigenvalue weighted by atomic mass is 9.98. The van der Waals surface area contributed by atoms with Crippen LogP contribution < -0.4 is 5.32 Å². The Morgan fingerprint density at radius 2 is 2.14 bits per heavy atom. The number of amides is 2. The van der Waals surface area contributed by atoms with Crippen molar-refractivity contribution in [1.82, 2.24) is 30.2 Å². The summed E-state index contributed by atoms with van der Waals surface area (Å²) in [5.74, 6) is -0.334. The highest BCUT2D eigenvalue weighted by molar-refractivity contribution is 7.14. The molecule has 4 rings (SSSR count). The monoisotopic (exact) mass is 414 g/mol. The van der Waals surface area contributed by atoms with Crippen LogP contribution in [-0.2, 0) is 7.05 Å². The molecule has 2 atom stereocenters. The van der Waals surface area contributed by atoms with Gasteiger partial charge < -0.3 is 10.2 Å². The third-order valence-electron chi connectivity index (χ3n) is 5.13. The van der Waals surface area contributed by atoms with Gasteiger partial charge in [-0.3, -0.25) is 4.68 Å². The highest BCUT2D eigenvalue weighted by atomic mass is 32.1. The van der Waals surface area contributed by atoms with E-state index in [-0.39, 0.29) is 23.9 Å². The number of likely N-dealkylation sites (tertiary alicyclic amines) is 1. The molecule has 0 bridgehead atoms. The van der Waals surface area contributed by atoms with Crippen LogP contribution >= 0.6 is 11.3 Å². The van der Waals surface area contributed by atoms with Crippen molar-refractivity contribution in [2.24, 2.45) is 7.05 Å². The van der Waals surface area contributed by atoms with Gasteiger partial charge in [-0.2, -0.15) is 5.10 Å². The predicted molar refractivity (Wildman–Crippen MR) is 109 cm³/mol. The minimum Gasteiger partial charge on any atom is -0.329 e. The predicted octanol–water partition coefficient (Wildman–Crippen LogP) is 4.08. The number of hydrogen-bond donors (Lipinski definition) is 1. The molecule has 0 spiro atoms. The largest absolute Gasteiger partial charge is 0.329 e. The molecule has 3 aromatic rings. The molecule has 1 aliphatic heterocycles. The Labute approximate surface area is 172 Å². The lowest BCUT2D eigenvalue weighted by Gasteiger charge is -2.35. The van der Waals surface area contributed by atoms with Crippen molar-refractivity contribution in [1.29, 1.82) is 0 Å². The maximum absolute atomic E-state index is 14.0. The summed E-state index contributed by atoms with van der Waals surface area (Å²) in [4.78, 5) is 14.9. The van der Waals surface area contributed by atoms with Crippen LogP contribution in [0.25, 0.3) is 10.6 Å². The second kappa shape index (κ2) is 8.28. The van der Waals surface area contributed by atoms with Gasteiger partial charge in [0.2, 0.25) is 0 Å². The topological polar surface area (TPSA) is 75.9 Å². The smallest absolute Gasteiger partial charge is 0.318 e. The summed E-state index contributed by atoms with van der Waals surface area (Å²) in [5.41, 5.74) is 1.47. The molecule has 0 radical (unpaired) electrons. The first-order valence-electron chi connectivity index (χ1n) is 9.67. The van der Waals surface area contributed by atoms with E-state index in [1.54, 1.807) is 22.9 Å². The molecule has 3 heterocycles. The van der Waals surface area contributed by atoms with Crippen LogP contribution in [0.5, 0.6) is 0 Å². The molecule has 0 saturated carbocycles. The van der Waals surface area contributed by atoms with Gasteiger partial charge in [-0.15, -0.1) is 10.2 Å². The molecular formula is C20H23FN6OS. The maximum atomic E-state index is 14.0. The van der Waals surface area contributed by atoms with Crippen LogP contribution in [0.1, 0.15) is 48.8 Å². The second-order valence-electron chi connectivity index (χ2n) is 7.25. The summed E-state index contributed by atoms with van der Waals surface area (Å²) in [6, 6.07) is 6.05. The number of piperidine rings is 1. The van der Waals surface area contributed by atoms with Crippen molar-refractivity contribution in [3.05, 3.63) is 53.0 Å². The molecule has 9 heteroatoms. The molecule has 2 aromatic heterocycles.